The van der Waals surface area contributed by atoms with Crippen LogP contribution in [0.25, 0.3) is 0 Å². The molecule has 1 aromatic rings. The Labute approximate surface area is 157 Å². The number of hydrogen-bond donors (Lipinski definition) is 0. The van der Waals surface area contributed by atoms with E-state index in [9.17, 15) is 4.79 Å². The van der Waals surface area contributed by atoms with Crippen LogP contribution in [0.1, 0.15) is 25.3 Å². The second kappa shape index (κ2) is 7.06. The average Bonchev–Trinajstić information content (AvgIpc) is 3.40. The number of alkyl halides is 1. The van der Waals surface area contributed by atoms with Gasteiger partial charge >= 0.3 is 5.97 Å². The van der Waals surface area contributed by atoms with Crippen LogP contribution in [0.3, 0.4) is 0 Å². The lowest BCUT2D eigenvalue weighted by Gasteiger charge is -2.38. The zero-order chi connectivity index (χ0) is 18.2. The number of aliphatic imine (C=N–C) groups is 2. The molecule has 134 valence electrons. The third-order valence-corrected chi connectivity index (χ3v) is 5.14. The highest BCUT2D eigenvalue weighted by molar-refractivity contribution is 6.54. The summed E-state index contributed by atoms with van der Waals surface area (Å²) >= 11 is 12.7. The number of halogens is 2. The number of methoxy groups -OCH3 is 1. The van der Waals surface area contributed by atoms with Gasteiger partial charge in [-0.1, -0.05) is 23.7 Å². The molecule has 7 heteroatoms. The van der Waals surface area contributed by atoms with E-state index < -0.39 is 17.0 Å². The van der Waals surface area contributed by atoms with Crippen LogP contribution in [0, 0.1) is 5.92 Å². The Bertz CT molecular complexity index is 724. The lowest BCUT2D eigenvalue weighted by Crippen LogP contribution is -2.54. The van der Waals surface area contributed by atoms with Crippen LogP contribution < -0.4 is 0 Å². The molecule has 2 atom stereocenters. The van der Waals surface area contributed by atoms with Gasteiger partial charge in [-0.25, -0.2) is 14.8 Å². The number of hydrogen-bond acceptors (Lipinski definition) is 5. The van der Waals surface area contributed by atoms with E-state index >= 15 is 0 Å². The molecule has 0 saturated heterocycles. The molecule has 0 amide bonds. The number of nitrogens with zero attached hydrogens (tertiary/aromatic N) is 3. The zero-order valence-electron chi connectivity index (χ0n) is 14.5. The predicted octanol–water partition coefficient (Wildman–Crippen LogP) is 3.53. The highest BCUT2D eigenvalue weighted by Crippen LogP contribution is 2.37. The van der Waals surface area contributed by atoms with Crippen LogP contribution in [0.2, 0.25) is 5.02 Å². The van der Waals surface area contributed by atoms with Crippen molar-refractivity contribution >= 4 is 40.7 Å². The maximum atomic E-state index is 12.2. The lowest BCUT2D eigenvalue weighted by atomic mass is 9.97. The molecule has 5 nitrogen and oxygen atoms in total. The van der Waals surface area contributed by atoms with E-state index in [0.29, 0.717) is 23.3 Å². The Hall–Kier alpha value is -1.43. The molecule has 1 aliphatic carbocycles. The molecule has 2 unspecified atom stereocenters. The summed E-state index contributed by atoms with van der Waals surface area (Å²) < 4.78 is 4.89. The Morgan fingerprint density at radius 3 is 2.56 bits per heavy atom. The molecule has 0 spiro atoms. The minimum absolute atomic E-state index is 0.224. The van der Waals surface area contributed by atoms with Gasteiger partial charge in [-0.2, -0.15) is 0 Å². The number of carbonyl (C=O) groups is 1. The van der Waals surface area contributed by atoms with Crippen molar-refractivity contribution in [3.63, 3.8) is 0 Å². The van der Waals surface area contributed by atoms with E-state index in [4.69, 9.17) is 32.9 Å². The van der Waals surface area contributed by atoms with Crippen LogP contribution in [0.15, 0.2) is 34.3 Å². The summed E-state index contributed by atoms with van der Waals surface area (Å²) in [4.78, 5) is 22.4. The van der Waals surface area contributed by atoms with E-state index in [0.717, 1.165) is 18.4 Å². The second-order valence-corrected chi connectivity index (χ2v) is 7.93. The number of amidine groups is 1. The molecule has 1 heterocycles. The van der Waals surface area contributed by atoms with Crippen LogP contribution in [0.4, 0.5) is 0 Å². The first-order valence-electron chi connectivity index (χ1n) is 8.21. The molecule has 3 rings (SSSR count). The molecule has 0 aromatic heterocycles. The summed E-state index contributed by atoms with van der Waals surface area (Å²) in [5.74, 6) is 0.515. The Balaban J connectivity index is 1.88. The third kappa shape index (κ3) is 3.89. The van der Waals surface area contributed by atoms with Gasteiger partial charge in [-0.05, 0) is 44.5 Å². The molecule has 1 fully saturated rings. The van der Waals surface area contributed by atoms with Crippen molar-refractivity contribution in [3.05, 3.63) is 34.9 Å². The highest BCUT2D eigenvalue weighted by Gasteiger charge is 2.48. The maximum Gasteiger partial charge on any atom is 0.354 e. The summed E-state index contributed by atoms with van der Waals surface area (Å²) in [5.41, 5.74) is 1.31. The zero-order valence-corrected chi connectivity index (χ0v) is 16.0. The van der Waals surface area contributed by atoms with Crippen molar-refractivity contribution in [2.45, 2.75) is 37.4 Å². The third-order valence-electron chi connectivity index (χ3n) is 4.51. The lowest BCUT2D eigenvalue weighted by molar-refractivity contribution is -0.133. The van der Waals surface area contributed by atoms with Crippen molar-refractivity contribution in [2.24, 2.45) is 15.9 Å². The fraction of sp³-hybridized carbons (Fsp3) is 0.500. The summed E-state index contributed by atoms with van der Waals surface area (Å²) in [6.07, 6.45) is 1.68. The number of esters is 1. The van der Waals surface area contributed by atoms with Gasteiger partial charge in [-0.3, -0.25) is 4.90 Å². The molecule has 0 radical (unpaired) electrons. The van der Waals surface area contributed by atoms with Crippen molar-refractivity contribution in [2.75, 3.05) is 14.2 Å². The number of rotatable bonds is 5. The Morgan fingerprint density at radius 1 is 1.36 bits per heavy atom. The number of carbonyl (C=O) groups excluding carboxylic acids is 1. The topological polar surface area (TPSA) is 54.3 Å². The van der Waals surface area contributed by atoms with E-state index in [1.807, 2.05) is 36.2 Å². The predicted molar refractivity (Wildman–Crippen MR) is 101 cm³/mol. The smallest absolute Gasteiger partial charge is 0.354 e. The molecule has 1 aromatic carbocycles. The summed E-state index contributed by atoms with van der Waals surface area (Å²) in [7, 11) is 3.28. The minimum Gasteiger partial charge on any atom is -0.464 e. The van der Waals surface area contributed by atoms with Crippen molar-refractivity contribution < 1.29 is 9.53 Å². The van der Waals surface area contributed by atoms with Gasteiger partial charge in [0.1, 0.15) is 16.9 Å². The summed E-state index contributed by atoms with van der Waals surface area (Å²) in [6, 6.07) is 7.64. The maximum absolute atomic E-state index is 12.2. The first-order valence-corrected chi connectivity index (χ1v) is 8.97. The van der Waals surface area contributed by atoms with Gasteiger partial charge in [0.15, 0.2) is 5.71 Å². The van der Waals surface area contributed by atoms with Crippen LogP contribution in [0.5, 0.6) is 0 Å². The number of benzene rings is 1. The average molecular weight is 382 g/mol. The van der Waals surface area contributed by atoms with E-state index in [2.05, 4.69) is 4.99 Å². The SMILES string of the molecule is COC(=O)C1=NC(C2CC2)=NC(N(C)Cc2ccc(Cl)cc2)C1(C)Cl. The largest absolute Gasteiger partial charge is 0.464 e. The molecule has 0 bridgehead atoms. The molecular formula is C18H21Cl2N3O2. The van der Waals surface area contributed by atoms with Gasteiger partial charge in [-0.15, -0.1) is 11.6 Å². The van der Waals surface area contributed by atoms with E-state index in [-0.39, 0.29) is 5.71 Å². The van der Waals surface area contributed by atoms with Gasteiger partial charge in [0.05, 0.1) is 7.11 Å². The molecule has 25 heavy (non-hydrogen) atoms. The minimum atomic E-state index is -1.06. The molecular weight excluding hydrogens is 361 g/mol. The molecule has 1 aliphatic heterocycles. The highest BCUT2D eigenvalue weighted by atomic mass is 35.5. The normalized spacial score (nSPS) is 26.2. The van der Waals surface area contributed by atoms with Gasteiger partial charge in [0.2, 0.25) is 0 Å². The van der Waals surface area contributed by atoms with Gasteiger partial charge < -0.3 is 4.74 Å². The quantitative estimate of drug-likeness (QED) is 0.578. The first-order chi connectivity index (χ1) is 11.8. The Morgan fingerprint density at radius 2 is 2.00 bits per heavy atom. The second-order valence-electron chi connectivity index (χ2n) is 6.70. The molecule has 2 aliphatic rings. The molecule has 0 N–H and O–H groups in total. The first kappa shape index (κ1) is 18.4. The standard InChI is InChI=1S/C18H21Cl2N3O2/c1-18(20)14(16(24)25-3)21-15(12-6-7-12)22-17(18)23(2)10-11-4-8-13(19)9-5-11/h4-5,8-9,12,17H,6-7,10H2,1-3H3. The fourth-order valence-corrected chi connectivity index (χ4v) is 3.44. The van der Waals surface area contributed by atoms with E-state index in [1.54, 1.807) is 6.92 Å². The summed E-state index contributed by atoms with van der Waals surface area (Å²) in [5, 5.41) is 0.695. The van der Waals surface area contributed by atoms with Gasteiger partial charge in [0.25, 0.3) is 0 Å². The van der Waals surface area contributed by atoms with E-state index in [1.165, 1.54) is 7.11 Å². The monoisotopic (exact) mass is 381 g/mol. The van der Waals surface area contributed by atoms with Crippen LogP contribution in [-0.4, -0.2) is 47.6 Å². The Kier molecular flexibility index (Phi) is 5.19. The van der Waals surface area contributed by atoms with Crippen LogP contribution >= 0.6 is 23.2 Å². The van der Waals surface area contributed by atoms with Crippen molar-refractivity contribution in [3.8, 4) is 0 Å². The fourth-order valence-electron chi connectivity index (χ4n) is 2.98. The van der Waals surface area contributed by atoms with Crippen molar-refractivity contribution in [1.29, 1.82) is 0 Å². The van der Waals surface area contributed by atoms with Gasteiger partial charge in [0, 0.05) is 17.5 Å². The number of ether oxygens (including phenoxy) is 1. The van der Waals surface area contributed by atoms with Crippen molar-refractivity contribution in [1.82, 2.24) is 4.90 Å². The van der Waals surface area contributed by atoms with Crippen LogP contribution in [-0.2, 0) is 16.1 Å². The molecule has 1 saturated carbocycles. The summed E-state index contributed by atoms with van der Waals surface area (Å²) in [6.45, 7) is 2.39.